The topological polar surface area (TPSA) is 102 Å². The highest BCUT2D eigenvalue weighted by Crippen LogP contribution is 2.24. The Morgan fingerprint density at radius 3 is 2.47 bits per heavy atom. The highest BCUT2D eigenvalue weighted by molar-refractivity contribution is 5.91. The Morgan fingerprint density at radius 2 is 1.80 bits per heavy atom. The second kappa shape index (κ2) is 8.98. The van der Waals surface area contributed by atoms with Gasteiger partial charge in [0.25, 0.3) is 0 Å². The Hall–Kier alpha value is -3.35. The third kappa shape index (κ3) is 5.59. The van der Waals surface area contributed by atoms with Gasteiger partial charge in [0.05, 0.1) is 17.0 Å². The second-order valence-corrected chi connectivity index (χ2v) is 8.05. The number of pyridine rings is 1. The van der Waals surface area contributed by atoms with Gasteiger partial charge in [0.15, 0.2) is 5.65 Å². The summed E-state index contributed by atoms with van der Waals surface area (Å²) in [7, 11) is 0. The number of aromatic carboxylic acids is 1. The van der Waals surface area contributed by atoms with Gasteiger partial charge >= 0.3 is 11.9 Å². The highest BCUT2D eigenvalue weighted by Gasteiger charge is 2.17. The van der Waals surface area contributed by atoms with E-state index in [1.807, 2.05) is 51.1 Å². The molecule has 0 atom stereocenters. The number of rotatable bonds is 7. The highest BCUT2D eigenvalue weighted by atomic mass is 16.6. The zero-order valence-electron chi connectivity index (χ0n) is 17.4. The molecule has 156 valence electrons. The molecular weight excluding hydrogens is 382 g/mol. The molecule has 1 aromatic carbocycles. The maximum Gasteiger partial charge on any atom is 0.337 e. The van der Waals surface area contributed by atoms with Gasteiger partial charge in [-0.3, -0.25) is 4.79 Å². The van der Waals surface area contributed by atoms with Crippen LogP contribution >= 0.6 is 0 Å². The predicted molar refractivity (Wildman–Crippen MR) is 113 cm³/mol. The van der Waals surface area contributed by atoms with Gasteiger partial charge in [-0.2, -0.15) is 0 Å². The molecule has 0 unspecified atom stereocenters. The van der Waals surface area contributed by atoms with E-state index in [0.717, 1.165) is 23.4 Å². The number of benzene rings is 1. The van der Waals surface area contributed by atoms with E-state index in [4.69, 9.17) is 4.74 Å². The van der Waals surface area contributed by atoms with Crippen molar-refractivity contribution in [3.05, 3.63) is 53.9 Å². The van der Waals surface area contributed by atoms with Crippen LogP contribution in [0.4, 0.5) is 0 Å². The molecule has 0 fully saturated rings. The van der Waals surface area contributed by atoms with E-state index in [0.29, 0.717) is 30.4 Å². The molecule has 0 amide bonds. The lowest BCUT2D eigenvalue weighted by Crippen LogP contribution is -2.23. The van der Waals surface area contributed by atoms with E-state index in [1.165, 1.54) is 12.3 Å². The standard InChI is InChI=1S/C23H25N3O4/c1-23(2,3)30-19(27)12-8-7-11-17-20(15-9-5-4-6-10-15)26-21-18(25-17)13-16(14-24-21)22(28)29/h4-6,9-10,13-14H,7-8,11-12H2,1-3H3,(H,28,29). The van der Waals surface area contributed by atoms with Crippen LogP contribution in [0.5, 0.6) is 0 Å². The molecule has 7 nitrogen and oxygen atoms in total. The predicted octanol–water partition coefficient (Wildman–Crippen LogP) is 4.44. The van der Waals surface area contributed by atoms with Crippen molar-refractivity contribution in [3.8, 4) is 11.3 Å². The van der Waals surface area contributed by atoms with Crippen LogP contribution in [0.15, 0.2) is 42.6 Å². The van der Waals surface area contributed by atoms with Crippen molar-refractivity contribution in [2.45, 2.75) is 52.1 Å². The van der Waals surface area contributed by atoms with E-state index in [2.05, 4.69) is 15.0 Å². The van der Waals surface area contributed by atoms with Gasteiger partial charge in [-0.25, -0.2) is 19.7 Å². The summed E-state index contributed by atoms with van der Waals surface area (Å²) in [5, 5.41) is 9.22. The third-order valence-electron chi connectivity index (χ3n) is 4.35. The first-order valence-electron chi connectivity index (χ1n) is 9.90. The number of ether oxygens (including phenoxy) is 1. The summed E-state index contributed by atoms with van der Waals surface area (Å²) in [5.41, 5.74) is 2.81. The number of unbranched alkanes of at least 4 members (excludes halogenated alkanes) is 1. The van der Waals surface area contributed by atoms with E-state index in [1.54, 1.807) is 0 Å². The van der Waals surface area contributed by atoms with Crippen molar-refractivity contribution in [3.63, 3.8) is 0 Å². The van der Waals surface area contributed by atoms with Crippen molar-refractivity contribution >= 4 is 23.1 Å². The van der Waals surface area contributed by atoms with Crippen LogP contribution in [-0.4, -0.2) is 37.6 Å². The lowest BCUT2D eigenvalue weighted by Gasteiger charge is -2.19. The summed E-state index contributed by atoms with van der Waals surface area (Å²) in [6.45, 7) is 5.55. The summed E-state index contributed by atoms with van der Waals surface area (Å²) < 4.78 is 5.35. The lowest BCUT2D eigenvalue weighted by atomic mass is 10.0. The van der Waals surface area contributed by atoms with Gasteiger partial charge in [0, 0.05) is 18.2 Å². The van der Waals surface area contributed by atoms with E-state index >= 15 is 0 Å². The summed E-state index contributed by atoms with van der Waals surface area (Å²) in [6, 6.07) is 11.2. The van der Waals surface area contributed by atoms with E-state index < -0.39 is 11.6 Å². The third-order valence-corrected chi connectivity index (χ3v) is 4.35. The molecule has 0 bridgehead atoms. The van der Waals surface area contributed by atoms with Gasteiger partial charge in [0.2, 0.25) is 0 Å². The van der Waals surface area contributed by atoms with Crippen LogP contribution in [0, 0.1) is 0 Å². The molecule has 0 aliphatic carbocycles. The van der Waals surface area contributed by atoms with Crippen molar-refractivity contribution in [1.82, 2.24) is 15.0 Å². The Morgan fingerprint density at radius 1 is 1.07 bits per heavy atom. The molecule has 30 heavy (non-hydrogen) atoms. The molecule has 3 aromatic rings. The summed E-state index contributed by atoms with van der Waals surface area (Å²) >= 11 is 0. The number of aryl methyl sites for hydroxylation is 1. The molecule has 0 aliphatic rings. The smallest absolute Gasteiger partial charge is 0.337 e. The molecule has 7 heteroatoms. The Kier molecular flexibility index (Phi) is 6.40. The molecular formula is C23H25N3O4. The number of nitrogens with zero attached hydrogens (tertiary/aromatic N) is 3. The molecule has 0 spiro atoms. The molecule has 0 saturated carbocycles. The minimum Gasteiger partial charge on any atom is -0.478 e. The first kappa shape index (κ1) is 21.4. The number of hydrogen-bond donors (Lipinski definition) is 1. The van der Waals surface area contributed by atoms with Gasteiger partial charge in [-0.05, 0) is 46.1 Å². The number of aromatic nitrogens is 3. The molecule has 3 rings (SSSR count). The fourth-order valence-electron chi connectivity index (χ4n) is 3.06. The second-order valence-electron chi connectivity index (χ2n) is 8.05. The summed E-state index contributed by atoms with van der Waals surface area (Å²) in [6.07, 6.45) is 3.62. The number of carbonyl (C=O) groups is 2. The van der Waals surface area contributed by atoms with Gasteiger partial charge in [-0.1, -0.05) is 30.3 Å². The lowest BCUT2D eigenvalue weighted by molar-refractivity contribution is -0.154. The molecule has 2 heterocycles. The van der Waals surface area contributed by atoms with E-state index in [-0.39, 0.29) is 11.5 Å². The Labute approximate surface area is 175 Å². The van der Waals surface area contributed by atoms with Crippen LogP contribution < -0.4 is 0 Å². The van der Waals surface area contributed by atoms with Crippen LogP contribution in [0.3, 0.4) is 0 Å². The van der Waals surface area contributed by atoms with Gasteiger partial charge < -0.3 is 9.84 Å². The SMILES string of the molecule is CC(C)(C)OC(=O)CCCCc1nc2cc(C(=O)O)cnc2nc1-c1ccccc1. The maximum absolute atomic E-state index is 11.9. The largest absolute Gasteiger partial charge is 0.478 e. The fraction of sp³-hybridized carbons (Fsp3) is 0.348. The van der Waals surface area contributed by atoms with Gasteiger partial charge in [0.1, 0.15) is 11.1 Å². The van der Waals surface area contributed by atoms with Crippen molar-refractivity contribution < 1.29 is 19.4 Å². The van der Waals surface area contributed by atoms with Crippen molar-refractivity contribution in [2.24, 2.45) is 0 Å². The minimum atomic E-state index is -1.06. The number of hydrogen-bond acceptors (Lipinski definition) is 6. The van der Waals surface area contributed by atoms with Crippen LogP contribution in [0.1, 0.15) is 56.1 Å². The number of carbonyl (C=O) groups excluding carboxylic acids is 1. The quantitative estimate of drug-likeness (QED) is 0.456. The molecule has 0 saturated heterocycles. The normalized spacial score (nSPS) is 11.4. The number of carboxylic acid groups (broad SMARTS) is 1. The number of carboxylic acids is 1. The maximum atomic E-state index is 11.9. The number of esters is 1. The molecule has 1 N–H and O–H groups in total. The van der Waals surface area contributed by atoms with E-state index in [9.17, 15) is 14.7 Å². The van der Waals surface area contributed by atoms with Crippen molar-refractivity contribution in [2.75, 3.05) is 0 Å². The van der Waals surface area contributed by atoms with Crippen LogP contribution in [0.2, 0.25) is 0 Å². The summed E-state index contributed by atoms with van der Waals surface area (Å²) in [5.74, 6) is -1.28. The molecule has 0 aliphatic heterocycles. The first-order chi connectivity index (χ1) is 14.2. The fourth-order valence-corrected chi connectivity index (χ4v) is 3.06. The average Bonchev–Trinajstić information content (AvgIpc) is 2.69. The molecule has 2 aromatic heterocycles. The van der Waals surface area contributed by atoms with Crippen molar-refractivity contribution in [1.29, 1.82) is 0 Å². The Balaban J connectivity index is 1.83. The minimum absolute atomic E-state index is 0.0696. The zero-order chi connectivity index (χ0) is 21.7. The van der Waals surface area contributed by atoms with Crippen LogP contribution in [0.25, 0.3) is 22.4 Å². The monoisotopic (exact) mass is 407 g/mol. The van der Waals surface area contributed by atoms with Crippen LogP contribution in [-0.2, 0) is 16.0 Å². The zero-order valence-corrected chi connectivity index (χ0v) is 17.4. The Bertz CT molecular complexity index is 1060. The van der Waals surface area contributed by atoms with Gasteiger partial charge in [-0.15, -0.1) is 0 Å². The first-order valence-corrected chi connectivity index (χ1v) is 9.90. The average molecular weight is 407 g/mol. The molecule has 0 radical (unpaired) electrons. The number of fused-ring (bicyclic) bond motifs is 1. The summed E-state index contributed by atoms with van der Waals surface area (Å²) in [4.78, 5) is 36.7.